The first-order chi connectivity index (χ1) is 14.0. The van der Waals surface area contributed by atoms with Crippen molar-refractivity contribution >= 4 is 5.97 Å². The third-order valence-corrected chi connectivity index (χ3v) is 5.40. The number of rotatable bonds is 17. The molecule has 3 atom stereocenters. The van der Waals surface area contributed by atoms with E-state index in [9.17, 15) is 20.1 Å². The lowest BCUT2D eigenvalue weighted by atomic mass is 9.86. The van der Waals surface area contributed by atoms with Gasteiger partial charge in [-0.1, -0.05) is 69.1 Å². The Morgan fingerprint density at radius 3 is 2.10 bits per heavy atom. The molecule has 174 valence electrons. The summed E-state index contributed by atoms with van der Waals surface area (Å²) in [6.07, 6.45) is 17.8. The minimum absolute atomic E-state index is 0.311. The molecule has 0 aromatic rings. The van der Waals surface area contributed by atoms with E-state index >= 15 is 0 Å². The number of carboxylic acid groups (broad SMARTS) is 1. The highest BCUT2D eigenvalue weighted by molar-refractivity contribution is 5.73. The Morgan fingerprint density at radius 2 is 1.50 bits per heavy atom. The van der Waals surface area contributed by atoms with Gasteiger partial charge in [0.25, 0.3) is 0 Å². The maximum Gasteiger partial charge on any atom is 0.309 e. The van der Waals surface area contributed by atoms with Crippen LogP contribution in [-0.2, 0) is 4.79 Å². The Bertz CT molecular complexity index is 546. The van der Waals surface area contributed by atoms with Crippen molar-refractivity contribution in [2.45, 2.75) is 110 Å². The quantitative estimate of drug-likeness (QED) is 0.191. The fourth-order valence-corrected chi connectivity index (χ4v) is 3.06. The number of carboxylic acids is 1. The first kappa shape index (κ1) is 28.6. The van der Waals surface area contributed by atoms with Gasteiger partial charge < -0.3 is 20.4 Å². The van der Waals surface area contributed by atoms with Crippen LogP contribution in [0.5, 0.6) is 0 Å². The zero-order valence-corrected chi connectivity index (χ0v) is 19.4. The molecule has 0 saturated heterocycles. The topological polar surface area (TPSA) is 98.0 Å². The van der Waals surface area contributed by atoms with Crippen LogP contribution in [0.3, 0.4) is 0 Å². The van der Waals surface area contributed by atoms with E-state index in [1.54, 1.807) is 19.9 Å². The Labute approximate surface area is 183 Å². The lowest BCUT2D eigenvalue weighted by Gasteiger charge is -2.30. The normalized spacial score (nSPS) is 17.0. The molecule has 0 bridgehead atoms. The van der Waals surface area contributed by atoms with E-state index in [2.05, 4.69) is 25.2 Å². The highest BCUT2D eigenvalue weighted by Gasteiger charge is 2.33. The predicted molar refractivity (Wildman–Crippen MR) is 123 cm³/mol. The molecule has 0 aromatic heterocycles. The van der Waals surface area contributed by atoms with Gasteiger partial charge in [-0.2, -0.15) is 0 Å². The Balaban J connectivity index is 4.20. The van der Waals surface area contributed by atoms with Crippen LogP contribution in [0, 0.1) is 5.41 Å². The van der Waals surface area contributed by atoms with Crippen LogP contribution in [0.15, 0.2) is 36.5 Å². The molecule has 0 aliphatic rings. The van der Waals surface area contributed by atoms with Crippen molar-refractivity contribution in [2.75, 3.05) is 0 Å². The largest absolute Gasteiger partial charge is 0.481 e. The second-order valence-corrected chi connectivity index (χ2v) is 8.99. The molecule has 5 nitrogen and oxygen atoms in total. The van der Waals surface area contributed by atoms with Crippen LogP contribution in [-0.4, -0.2) is 44.2 Å². The predicted octanol–water partition coefficient (Wildman–Crippen LogP) is 5.16. The van der Waals surface area contributed by atoms with E-state index in [-0.39, 0.29) is 0 Å². The van der Waals surface area contributed by atoms with Crippen LogP contribution in [0.1, 0.15) is 91.9 Å². The highest BCUT2D eigenvalue weighted by atomic mass is 16.4. The Kier molecular flexibility index (Phi) is 14.7. The summed E-state index contributed by atoms with van der Waals surface area (Å²) < 4.78 is 0. The van der Waals surface area contributed by atoms with Crippen molar-refractivity contribution in [3.8, 4) is 0 Å². The summed E-state index contributed by atoms with van der Waals surface area (Å²) in [6.45, 7) is 7.03. The fraction of sp³-hybridized carbons (Fsp3) is 0.720. The van der Waals surface area contributed by atoms with Gasteiger partial charge in [0, 0.05) is 0 Å². The highest BCUT2D eigenvalue weighted by Crippen LogP contribution is 2.25. The summed E-state index contributed by atoms with van der Waals surface area (Å²) in [4.78, 5) is 11.1. The van der Waals surface area contributed by atoms with Crippen LogP contribution in [0.2, 0.25) is 0 Å². The van der Waals surface area contributed by atoms with E-state index in [4.69, 9.17) is 5.11 Å². The van der Waals surface area contributed by atoms with Gasteiger partial charge in [-0.3, -0.25) is 4.79 Å². The number of hydrogen-bond donors (Lipinski definition) is 4. The van der Waals surface area contributed by atoms with Gasteiger partial charge in [-0.15, -0.1) is 0 Å². The molecule has 0 saturated carbocycles. The summed E-state index contributed by atoms with van der Waals surface area (Å²) >= 11 is 0. The molecule has 0 amide bonds. The number of carbonyl (C=O) groups is 1. The number of aliphatic hydroxyl groups excluding tert-OH is 2. The molecule has 0 radical (unpaired) electrons. The van der Waals surface area contributed by atoms with Crippen molar-refractivity contribution in [2.24, 2.45) is 5.41 Å². The number of aliphatic hydroxyl groups is 3. The average Bonchev–Trinajstić information content (AvgIpc) is 2.68. The molecule has 0 aliphatic carbocycles. The lowest BCUT2D eigenvalue weighted by Crippen LogP contribution is -2.45. The minimum atomic E-state index is -1.52. The van der Waals surface area contributed by atoms with Crippen LogP contribution in [0.4, 0.5) is 0 Å². The number of hydrogen-bond acceptors (Lipinski definition) is 4. The standard InChI is InChI=1S/C25H44O5/c1-5-6-7-8-9-10-11-12-13-14-16-20-25(4,30)22(27)21(26)18-15-17-19-24(2,3)23(28)29/h9-10,12-13,16,20-22,26-27,30H,5-8,11,14-15,17-19H2,1-4H3,(H,28,29)/b10-9-,13-12-,20-16-. The van der Waals surface area contributed by atoms with Gasteiger partial charge >= 0.3 is 5.97 Å². The van der Waals surface area contributed by atoms with Gasteiger partial charge in [-0.25, -0.2) is 0 Å². The van der Waals surface area contributed by atoms with E-state index in [0.29, 0.717) is 32.1 Å². The third kappa shape index (κ3) is 13.0. The van der Waals surface area contributed by atoms with Gasteiger partial charge in [-0.05, 0) is 59.3 Å². The van der Waals surface area contributed by atoms with Crippen LogP contribution < -0.4 is 0 Å². The summed E-state index contributed by atoms with van der Waals surface area (Å²) in [6, 6.07) is 0. The van der Waals surface area contributed by atoms with Gasteiger partial charge in [0.2, 0.25) is 0 Å². The maximum absolute atomic E-state index is 11.1. The number of aliphatic carboxylic acids is 1. The van der Waals surface area contributed by atoms with Gasteiger partial charge in [0.1, 0.15) is 11.7 Å². The van der Waals surface area contributed by atoms with E-state index in [1.807, 2.05) is 6.08 Å². The van der Waals surface area contributed by atoms with Crippen LogP contribution in [0.25, 0.3) is 0 Å². The molecule has 5 heteroatoms. The molecule has 0 rings (SSSR count). The molecule has 4 N–H and O–H groups in total. The minimum Gasteiger partial charge on any atom is -0.481 e. The molecule has 3 unspecified atom stereocenters. The summed E-state index contributed by atoms with van der Waals surface area (Å²) in [5, 5.41) is 40.0. The second kappa shape index (κ2) is 15.4. The molecule has 30 heavy (non-hydrogen) atoms. The number of allylic oxidation sites excluding steroid dienone is 5. The molecular formula is C25H44O5. The third-order valence-electron chi connectivity index (χ3n) is 5.40. The summed E-state index contributed by atoms with van der Waals surface area (Å²) in [5.41, 5.74) is -2.32. The lowest BCUT2D eigenvalue weighted by molar-refractivity contribution is -0.147. The first-order valence-electron chi connectivity index (χ1n) is 11.3. The van der Waals surface area contributed by atoms with Crippen molar-refractivity contribution in [3.63, 3.8) is 0 Å². The summed E-state index contributed by atoms with van der Waals surface area (Å²) in [7, 11) is 0. The summed E-state index contributed by atoms with van der Waals surface area (Å²) in [5.74, 6) is -0.840. The number of unbranched alkanes of at least 4 members (excludes halogenated alkanes) is 4. The van der Waals surface area contributed by atoms with E-state index < -0.39 is 29.2 Å². The average molecular weight is 425 g/mol. The zero-order chi connectivity index (χ0) is 23.0. The first-order valence-corrected chi connectivity index (χ1v) is 11.3. The molecule has 0 aromatic carbocycles. The molecule has 0 heterocycles. The molecule has 0 spiro atoms. The molecular weight excluding hydrogens is 380 g/mol. The van der Waals surface area contributed by atoms with Crippen molar-refractivity contribution in [1.82, 2.24) is 0 Å². The zero-order valence-electron chi connectivity index (χ0n) is 19.4. The Hall–Kier alpha value is -1.43. The van der Waals surface area contributed by atoms with Crippen molar-refractivity contribution in [3.05, 3.63) is 36.5 Å². The van der Waals surface area contributed by atoms with E-state index in [0.717, 1.165) is 12.8 Å². The SMILES string of the molecule is CCCCC/C=C\C/C=C\C/C=C\C(C)(O)C(O)C(O)CCCCC(C)(C)C(=O)O. The second-order valence-electron chi connectivity index (χ2n) is 8.99. The smallest absolute Gasteiger partial charge is 0.309 e. The molecule has 0 fully saturated rings. The van der Waals surface area contributed by atoms with Gasteiger partial charge in [0.15, 0.2) is 0 Å². The Morgan fingerprint density at radius 1 is 0.900 bits per heavy atom. The monoisotopic (exact) mass is 424 g/mol. The van der Waals surface area contributed by atoms with Crippen molar-refractivity contribution < 1.29 is 25.2 Å². The maximum atomic E-state index is 11.1. The van der Waals surface area contributed by atoms with Crippen molar-refractivity contribution in [1.29, 1.82) is 0 Å². The molecule has 0 aliphatic heterocycles. The van der Waals surface area contributed by atoms with E-state index in [1.165, 1.54) is 32.3 Å². The fourth-order valence-electron chi connectivity index (χ4n) is 3.06. The van der Waals surface area contributed by atoms with Crippen LogP contribution >= 0.6 is 0 Å². The van der Waals surface area contributed by atoms with Gasteiger partial charge in [0.05, 0.1) is 11.5 Å².